The van der Waals surface area contributed by atoms with E-state index in [1.807, 2.05) is 6.92 Å². The number of hydrazone groups is 1. The Morgan fingerprint density at radius 3 is 2.50 bits per heavy atom. The number of methoxy groups -OCH3 is 2. The third-order valence-corrected chi connectivity index (χ3v) is 6.17. The lowest BCUT2D eigenvalue weighted by molar-refractivity contribution is -0.139. The molecule has 0 aromatic heterocycles. The molecule has 3 rings (SSSR count). The van der Waals surface area contributed by atoms with Crippen molar-refractivity contribution in [2.45, 2.75) is 26.8 Å². The first kappa shape index (κ1) is 30.3. The fourth-order valence-electron chi connectivity index (χ4n) is 3.88. The van der Waals surface area contributed by atoms with Crippen LogP contribution in [-0.2, 0) is 14.3 Å². The molecule has 1 atom stereocenters. The van der Waals surface area contributed by atoms with Crippen LogP contribution in [0.4, 0.5) is 4.79 Å². The van der Waals surface area contributed by atoms with Crippen LogP contribution in [0.3, 0.4) is 0 Å². The maximum atomic E-state index is 12.6. The molecule has 1 heterocycles. The van der Waals surface area contributed by atoms with Gasteiger partial charge in [0.15, 0.2) is 29.6 Å². The molecule has 214 valence electrons. The second kappa shape index (κ2) is 14.2. The van der Waals surface area contributed by atoms with Crippen molar-refractivity contribution in [3.8, 4) is 23.0 Å². The molecule has 1 aliphatic rings. The zero-order chi connectivity index (χ0) is 29.2. The monoisotopic (exact) mass is 618 g/mol. The second-order valence-corrected chi connectivity index (χ2v) is 9.10. The maximum Gasteiger partial charge on any atom is 0.338 e. The number of carbonyl (C=O) groups excluding carboxylic acids is 3. The highest BCUT2D eigenvalue weighted by atomic mass is 79.9. The first-order valence-corrected chi connectivity index (χ1v) is 13.1. The highest BCUT2D eigenvalue weighted by Gasteiger charge is 2.32. The van der Waals surface area contributed by atoms with Crippen LogP contribution >= 0.6 is 15.9 Å². The van der Waals surface area contributed by atoms with Gasteiger partial charge in [0.1, 0.15) is 0 Å². The zero-order valence-electron chi connectivity index (χ0n) is 22.8. The number of esters is 1. The van der Waals surface area contributed by atoms with Crippen LogP contribution < -0.4 is 35.0 Å². The van der Waals surface area contributed by atoms with Crippen LogP contribution in [0.1, 0.15) is 37.9 Å². The number of halogens is 1. The third kappa shape index (κ3) is 7.44. The van der Waals surface area contributed by atoms with Gasteiger partial charge in [0.25, 0.3) is 5.91 Å². The number of allylic oxidation sites excluding steroid dienone is 1. The molecule has 12 nitrogen and oxygen atoms in total. The Kier molecular flexibility index (Phi) is 10.8. The number of urea groups is 1. The summed E-state index contributed by atoms with van der Waals surface area (Å²) in [5.41, 5.74) is 4.30. The summed E-state index contributed by atoms with van der Waals surface area (Å²) in [4.78, 5) is 37.0. The van der Waals surface area contributed by atoms with Crippen molar-refractivity contribution in [3.05, 3.63) is 57.2 Å². The molecule has 0 bridgehead atoms. The largest absolute Gasteiger partial charge is 0.493 e. The number of nitrogens with zero attached hydrogens (tertiary/aromatic N) is 1. The summed E-state index contributed by atoms with van der Waals surface area (Å²) in [5, 5.41) is 9.29. The summed E-state index contributed by atoms with van der Waals surface area (Å²) >= 11 is 3.43. The molecule has 0 aliphatic carbocycles. The topological polar surface area (TPSA) is 146 Å². The van der Waals surface area contributed by atoms with Crippen molar-refractivity contribution in [2.24, 2.45) is 5.10 Å². The first-order chi connectivity index (χ1) is 19.2. The van der Waals surface area contributed by atoms with Crippen molar-refractivity contribution in [3.63, 3.8) is 0 Å². The molecular weight excluding hydrogens is 588 g/mol. The Labute approximate surface area is 240 Å². The number of hydrogen-bond donors (Lipinski definition) is 3. The van der Waals surface area contributed by atoms with Crippen molar-refractivity contribution in [2.75, 3.05) is 34.0 Å². The number of carbonyl (C=O) groups is 3. The summed E-state index contributed by atoms with van der Waals surface area (Å²) in [7, 11) is 2.98. The van der Waals surface area contributed by atoms with Gasteiger partial charge in [0.2, 0.25) is 0 Å². The summed E-state index contributed by atoms with van der Waals surface area (Å²) in [6.07, 6.45) is 1.46. The summed E-state index contributed by atoms with van der Waals surface area (Å²) in [5.74, 6) is 0.620. The van der Waals surface area contributed by atoms with E-state index < -0.39 is 23.9 Å². The molecule has 3 amide bonds. The summed E-state index contributed by atoms with van der Waals surface area (Å²) in [6.45, 7) is 5.48. The molecule has 0 spiro atoms. The number of hydrogen-bond acceptors (Lipinski definition) is 9. The fraction of sp³-hybridized carbons (Fsp3) is 0.333. The molecule has 0 saturated heterocycles. The molecule has 3 N–H and O–H groups in total. The molecule has 0 unspecified atom stereocenters. The van der Waals surface area contributed by atoms with Gasteiger partial charge in [0, 0.05) is 5.70 Å². The molecule has 2 aromatic rings. The second-order valence-electron chi connectivity index (χ2n) is 8.25. The van der Waals surface area contributed by atoms with E-state index in [2.05, 4.69) is 37.1 Å². The number of rotatable bonds is 12. The summed E-state index contributed by atoms with van der Waals surface area (Å²) in [6, 6.07) is 7.15. The summed E-state index contributed by atoms with van der Waals surface area (Å²) < 4.78 is 27.8. The van der Waals surface area contributed by atoms with Crippen molar-refractivity contribution >= 4 is 40.1 Å². The van der Waals surface area contributed by atoms with Gasteiger partial charge in [-0.15, -0.1) is 0 Å². The van der Waals surface area contributed by atoms with E-state index in [-0.39, 0.29) is 24.5 Å². The van der Waals surface area contributed by atoms with Crippen LogP contribution in [0.25, 0.3) is 0 Å². The van der Waals surface area contributed by atoms with Gasteiger partial charge in [-0.05, 0) is 72.1 Å². The maximum absolute atomic E-state index is 12.6. The normalized spacial score (nSPS) is 14.8. The van der Waals surface area contributed by atoms with Crippen molar-refractivity contribution in [1.82, 2.24) is 16.1 Å². The van der Waals surface area contributed by atoms with Crippen LogP contribution in [0.15, 0.2) is 51.2 Å². The predicted molar refractivity (Wildman–Crippen MR) is 150 cm³/mol. The van der Waals surface area contributed by atoms with Crippen LogP contribution in [0, 0.1) is 0 Å². The molecule has 0 radical (unpaired) electrons. The molecule has 13 heteroatoms. The highest BCUT2D eigenvalue weighted by Crippen LogP contribution is 2.36. The van der Waals surface area contributed by atoms with E-state index in [0.717, 1.165) is 0 Å². The Balaban J connectivity index is 1.68. The average molecular weight is 619 g/mol. The van der Waals surface area contributed by atoms with E-state index in [9.17, 15) is 14.4 Å². The molecule has 1 aliphatic heterocycles. The first-order valence-electron chi connectivity index (χ1n) is 12.3. The van der Waals surface area contributed by atoms with Crippen LogP contribution in [0.5, 0.6) is 23.0 Å². The molecule has 2 aromatic carbocycles. The van der Waals surface area contributed by atoms with Crippen molar-refractivity contribution < 1.29 is 38.1 Å². The lowest BCUT2D eigenvalue weighted by Gasteiger charge is -2.28. The SMILES string of the molecule is CCOC(=O)C1=C(C)NC(=O)N[C@H]1c1ccc(OCC(=O)N/N=C\c2cc(Br)c(OC)c(OCC)c2)c(OC)c1. The Bertz CT molecular complexity index is 1330. The van der Waals surface area contributed by atoms with Gasteiger partial charge in [-0.2, -0.15) is 5.10 Å². The van der Waals surface area contributed by atoms with Gasteiger partial charge < -0.3 is 34.3 Å². The fourth-order valence-corrected chi connectivity index (χ4v) is 4.51. The number of ether oxygens (including phenoxy) is 5. The van der Waals surface area contributed by atoms with E-state index in [1.165, 1.54) is 13.3 Å². The quantitative estimate of drug-likeness (QED) is 0.186. The minimum Gasteiger partial charge on any atom is -0.493 e. The Hall–Kier alpha value is -4.26. The Morgan fingerprint density at radius 2 is 1.82 bits per heavy atom. The zero-order valence-corrected chi connectivity index (χ0v) is 24.3. The van der Waals surface area contributed by atoms with Crippen LogP contribution in [-0.4, -0.2) is 58.2 Å². The van der Waals surface area contributed by atoms with Crippen LogP contribution in [0.2, 0.25) is 0 Å². The molecule has 0 fully saturated rings. The highest BCUT2D eigenvalue weighted by molar-refractivity contribution is 9.10. The number of nitrogens with one attached hydrogen (secondary N) is 3. The van der Waals surface area contributed by atoms with Gasteiger partial charge >= 0.3 is 12.0 Å². The van der Waals surface area contributed by atoms with Gasteiger partial charge in [-0.3, -0.25) is 4.79 Å². The predicted octanol–water partition coefficient (Wildman–Crippen LogP) is 3.59. The standard InChI is InChI=1S/C27H31BrN4O8/c1-6-38-21-11-16(10-18(28)25(21)37-5)13-29-32-22(33)14-40-19-9-8-17(12-20(19)36-4)24-23(26(34)39-7-2)15(3)30-27(35)31-24/h8-13,24H,6-7,14H2,1-5H3,(H,32,33)(H2,30,31,35)/b29-13-/t24-/m0/s1. The van der Waals surface area contributed by atoms with E-state index >= 15 is 0 Å². The van der Waals surface area contributed by atoms with E-state index in [1.54, 1.807) is 51.3 Å². The van der Waals surface area contributed by atoms with E-state index in [0.29, 0.717) is 45.2 Å². The smallest absolute Gasteiger partial charge is 0.338 e. The third-order valence-electron chi connectivity index (χ3n) is 5.58. The molecule has 40 heavy (non-hydrogen) atoms. The average Bonchev–Trinajstić information content (AvgIpc) is 2.91. The number of amides is 3. The minimum atomic E-state index is -0.769. The molecular formula is C27H31BrN4O8. The molecule has 0 saturated carbocycles. The lowest BCUT2D eigenvalue weighted by atomic mass is 9.95. The minimum absolute atomic E-state index is 0.185. The Morgan fingerprint density at radius 1 is 1.05 bits per heavy atom. The van der Waals surface area contributed by atoms with Gasteiger partial charge in [0.05, 0.1) is 49.7 Å². The van der Waals surface area contributed by atoms with Crippen molar-refractivity contribution in [1.29, 1.82) is 0 Å². The van der Waals surface area contributed by atoms with Gasteiger partial charge in [-0.25, -0.2) is 15.0 Å². The van der Waals surface area contributed by atoms with Gasteiger partial charge in [-0.1, -0.05) is 6.07 Å². The number of benzene rings is 2. The lowest BCUT2D eigenvalue weighted by Crippen LogP contribution is -2.45. The van der Waals surface area contributed by atoms with E-state index in [4.69, 9.17) is 23.7 Å².